The molecule has 2 aromatic rings. The van der Waals surface area contributed by atoms with Crippen LogP contribution in [0.15, 0.2) is 33.5 Å². The number of fused-ring (bicyclic) bond motifs is 1. The van der Waals surface area contributed by atoms with Crippen LogP contribution in [0, 0.1) is 0 Å². The summed E-state index contributed by atoms with van der Waals surface area (Å²) in [4.78, 5) is 35.5. The quantitative estimate of drug-likeness (QED) is 0.578. The van der Waals surface area contributed by atoms with Gasteiger partial charge in [-0.1, -0.05) is 0 Å². The van der Waals surface area contributed by atoms with E-state index in [0.29, 0.717) is 22.3 Å². The molecule has 1 atom stereocenters. The number of rotatable bonds is 7. The van der Waals surface area contributed by atoms with E-state index in [2.05, 4.69) is 5.32 Å². The summed E-state index contributed by atoms with van der Waals surface area (Å²) in [5.41, 5.74) is 0.304. The average Bonchev–Trinajstić information content (AvgIpc) is 2.59. The van der Waals surface area contributed by atoms with Gasteiger partial charge in [0.25, 0.3) is 0 Å². The van der Waals surface area contributed by atoms with Crippen LogP contribution in [0.2, 0.25) is 0 Å². The monoisotopic (exact) mass is 349 g/mol. The maximum Gasteiger partial charge on any atom is 0.336 e. The second kappa shape index (κ2) is 8.29. The Bertz CT molecular complexity index is 827. The van der Waals surface area contributed by atoms with Crippen LogP contribution in [0.25, 0.3) is 11.0 Å². The van der Waals surface area contributed by atoms with Crippen molar-refractivity contribution in [1.82, 2.24) is 5.32 Å². The van der Waals surface area contributed by atoms with Gasteiger partial charge in [0.15, 0.2) is 0 Å². The van der Waals surface area contributed by atoms with Gasteiger partial charge in [-0.25, -0.2) is 9.59 Å². The number of hydrogen-bond acceptors (Lipinski definition) is 7. The number of ether oxygens (including phenoxy) is 3. The van der Waals surface area contributed by atoms with Crippen molar-refractivity contribution in [3.63, 3.8) is 0 Å². The highest BCUT2D eigenvalue weighted by Gasteiger charge is 2.23. The zero-order valence-corrected chi connectivity index (χ0v) is 14.2. The van der Waals surface area contributed by atoms with Crippen LogP contribution in [0.1, 0.15) is 5.56 Å². The number of carbonyl (C=O) groups is 2. The summed E-state index contributed by atoms with van der Waals surface area (Å²) in [6, 6.07) is 5.34. The van der Waals surface area contributed by atoms with E-state index in [9.17, 15) is 14.4 Å². The molecule has 134 valence electrons. The van der Waals surface area contributed by atoms with Crippen LogP contribution in [0.5, 0.6) is 5.75 Å². The van der Waals surface area contributed by atoms with Crippen LogP contribution in [0.3, 0.4) is 0 Å². The minimum absolute atomic E-state index is 0.0660. The predicted octanol–water partition coefficient (Wildman–Crippen LogP) is 0.648. The van der Waals surface area contributed by atoms with Crippen LogP contribution < -0.4 is 15.7 Å². The van der Waals surface area contributed by atoms with Gasteiger partial charge in [-0.3, -0.25) is 4.79 Å². The fraction of sp³-hybridized carbons (Fsp3) is 0.353. The lowest BCUT2D eigenvalue weighted by atomic mass is 10.0. The summed E-state index contributed by atoms with van der Waals surface area (Å²) in [5, 5.41) is 3.16. The fourth-order valence-corrected chi connectivity index (χ4v) is 2.43. The number of nitrogens with one attached hydrogen (secondary N) is 1. The molecule has 25 heavy (non-hydrogen) atoms. The van der Waals surface area contributed by atoms with Gasteiger partial charge in [0, 0.05) is 31.0 Å². The normalized spacial score (nSPS) is 11.8. The van der Waals surface area contributed by atoms with Crippen molar-refractivity contribution in [3.8, 4) is 5.75 Å². The molecule has 1 aromatic heterocycles. The SMILES string of the molecule is COCC(=O)N[C@H](Cc1cc(=O)oc2cc(OC)ccc12)C(=O)OC. The third kappa shape index (κ3) is 4.57. The molecule has 0 aliphatic rings. The van der Waals surface area contributed by atoms with Crippen molar-refractivity contribution in [2.75, 3.05) is 27.9 Å². The smallest absolute Gasteiger partial charge is 0.336 e. The van der Waals surface area contributed by atoms with E-state index in [1.165, 1.54) is 27.4 Å². The molecule has 0 aliphatic carbocycles. The second-order valence-electron chi connectivity index (χ2n) is 5.23. The first-order valence-electron chi connectivity index (χ1n) is 7.45. The highest BCUT2D eigenvalue weighted by Crippen LogP contribution is 2.23. The first-order valence-corrected chi connectivity index (χ1v) is 7.45. The molecule has 1 aromatic carbocycles. The van der Waals surface area contributed by atoms with E-state index < -0.39 is 23.5 Å². The first-order chi connectivity index (χ1) is 12.0. The Morgan fingerprint density at radius 1 is 1.20 bits per heavy atom. The molecule has 1 N–H and O–H groups in total. The van der Waals surface area contributed by atoms with Crippen molar-refractivity contribution in [2.24, 2.45) is 0 Å². The molecule has 0 spiro atoms. The Balaban J connectivity index is 2.39. The molecule has 0 bridgehead atoms. The summed E-state index contributed by atoms with van der Waals surface area (Å²) in [6.45, 7) is -0.192. The lowest BCUT2D eigenvalue weighted by Crippen LogP contribution is -2.44. The lowest BCUT2D eigenvalue weighted by molar-refractivity contribution is -0.145. The predicted molar refractivity (Wildman–Crippen MR) is 88.6 cm³/mol. The molecular weight excluding hydrogens is 330 g/mol. The van der Waals surface area contributed by atoms with Crippen LogP contribution in [-0.2, 0) is 25.5 Å². The molecule has 2 rings (SSSR count). The molecule has 1 amide bonds. The largest absolute Gasteiger partial charge is 0.497 e. The van der Waals surface area contributed by atoms with E-state index in [4.69, 9.17) is 18.6 Å². The second-order valence-corrected chi connectivity index (χ2v) is 5.23. The van der Waals surface area contributed by atoms with Crippen molar-refractivity contribution in [3.05, 3.63) is 40.2 Å². The standard InChI is InChI=1S/C17H19NO7/c1-22-9-15(19)18-13(17(21)24-3)6-10-7-16(20)25-14-8-11(23-2)4-5-12(10)14/h4-5,7-8,13H,6,9H2,1-3H3,(H,18,19)/t13-/m1/s1. The van der Waals surface area contributed by atoms with Gasteiger partial charge in [-0.05, 0) is 17.7 Å². The maximum atomic E-state index is 12.0. The summed E-state index contributed by atoms with van der Waals surface area (Å²) in [5.74, 6) is -0.558. The van der Waals surface area contributed by atoms with E-state index in [1.54, 1.807) is 18.2 Å². The minimum Gasteiger partial charge on any atom is -0.497 e. The van der Waals surface area contributed by atoms with E-state index in [1.807, 2.05) is 0 Å². The third-order valence-corrected chi connectivity index (χ3v) is 3.56. The topological polar surface area (TPSA) is 104 Å². The third-order valence-electron chi connectivity index (χ3n) is 3.56. The van der Waals surface area contributed by atoms with Crippen LogP contribution >= 0.6 is 0 Å². The molecule has 0 saturated carbocycles. The van der Waals surface area contributed by atoms with Crippen molar-refractivity contribution >= 4 is 22.8 Å². The number of methoxy groups -OCH3 is 3. The van der Waals surface area contributed by atoms with Crippen molar-refractivity contribution < 1.29 is 28.2 Å². The molecule has 1 heterocycles. The number of benzene rings is 1. The van der Waals surface area contributed by atoms with Crippen molar-refractivity contribution in [1.29, 1.82) is 0 Å². The van der Waals surface area contributed by atoms with Crippen LogP contribution in [-0.4, -0.2) is 45.9 Å². The van der Waals surface area contributed by atoms with Gasteiger partial charge in [0.1, 0.15) is 24.0 Å². The number of esters is 1. The highest BCUT2D eigenvalue weighted by atomic mass is 16.5. The van der Waals surface area contributed by atoms with Gasteiger partial charge in [-0.2, -0.15) is 0 Å². The van der Waals surface area contributed by atoms with Gasteiger partial charge in [0.2, 0.25) is 5.91 Å². The molecule has 0 saturated heterocycles. The Kier molecular flexibility index (Phi) is 6.13. The molecule has 8 heteroatoms. The van der Waals surface area contributed by atoms with Gasteiger partial charge >= 0.3 is 11.6 Å². The van der Waals surface area contributed by atoms with Gasteiger partial charge in [-0.15, -0.1) is 0 Å². The number of carbonyl (C=O) groups excluding carboxylic acids is 2. The Morgan fingerprint density at radius 3 is 2.60 bits per heavy atom. The Labute approximate surface area is 143 Å². The zero-order valence-electron chi connectivity index (χ0n) is 14.2. The van der Waals surface area contributed by atoms with Crippen LogP contribution in [0.4, 0.5) is 0 Å². The molecular formula is C17H19NO7. The molecule has 8 nitrogen and oxygen atoms in total. The molecule has 0 radical (unpaired) electrons. The highest BCUT2D eigenvalue weighted by molar-refractivity contribution is 5.87. The van der Waals surface area contributed by atoms with E-state index in [0.717, 1.165) is 0 Å². The molecule has 0 aliphatic heterocycles. The van der Waals surface area contributed by atoms with Gasteiger partial charge < -0.3 is 23.9 Å². The Hall–Kier alpha value is -2.87. The Morgan fingerprint density at radius 2 is 1.96 bits per heavy atom. The number of hydrogen-bond donors (Lipinski definition) is 1. The van der Waals surface area contributed by atoms with E-state index in [-0.39, 0.29) is 13.0 Å². The summed E-state index contributed by atoms with van der Waals surface area (Å²) in [6.07, 6.45) is 0.0660. The zero-order chi connectivity index (χ0) is 18.4. The minimum atomic E-state index is -0.959. The van der Waals surface area contributed by atoms with E-state index >= 15 is 0 Å². The lowest BCUT2D eigenvalue weighted by Gasteiger charge is -2.17. The average molecular weight is 349 g/mol. The van der Waals surface area contributed by atoms with Crippen molar-refractivity contribution in [2.45, 2.75) is 12.5 Å². The molecule has 0 fully saturated rings. The molecule has 0 unspecified atom stereocenters. The maximum absolute atomic E-state index is 12.0. The van der Waals surface area contributed by atoms with Gasteiger partial charge in [0.05, 0.1) is 14.2 Å². The first kappa shape index (κ1) is 18.5. The fourth-order valence-electron chi connectivity index (χ4n) is 2.43. The summed E-state index contributed by atoms with van der Waals surface area (Å²) >= 11 is 0. The summed E-state index contributed by atoms with van der Waals surface area (Å²) < 4.78 is 19.8. The summed E-state index contributed by atoms with van der Waals surface area (Å²) in [7, 11) is 4.10. The number of amides is 1.